The van der Waals surface area contributed by atoms with E-state index in [1.165, 1.54) is 12.4 Å². The molecule has 0 aliphatic carbocycles. The van der Waals surface area contributed by atoms with Crippen molar-refractivity contribution in [2.75, 3.05) is 0 Å². The molecule has 0 saturated carbocycles. The molecule has 0 fully saturated rings. The highest BCUT2D eigenvalue weighted by molar-refractivity contribution is 5.86. The van der Waals surface area contributed by atoms with Gasteiger partial charge in [-0.15, -0.1) is 0 Å². The molecule has 1 heterocycles. The lowest BCUT2D eigenvalue weighted by atomic mass is 10.0. The number of halogens is 3. The molecule has 0 aromatic carbocycles. The van der Waals surface area contributed by atoms with Crippen molar-refractivity contribution in [3.63, 3.8) is 0 Å². The van der Waals surface area contributed by atoms with Crippen LogP contribution in [0.1, 0.15) is 25.5 Å². The molecule has 0 spiro atoms. The SMILES string of the molecule is C[C@@H](NC(=O)C(C)(N)C(F)(F)F)c1ccncc1. The van der Waals surface area contributed by atoms with Gasteiger partial charge in [-0.05, 0) is 31.5 Å². The lowest BCUT2D eigenvalue weighted by molar-refractivity contribution is -0.187. The van der Waals surface area contributed by atoms with Crippen molar-refractivity contribution in [1.82, 2.24) is 10.3 Å². The molecule has 1 rings (SSSR count). The normalized spacial score (nSPS) is 16.8. The summed E-state index contributed by atoms with van der Waals surface area (Å²) in [5.74, 6) is -1.26. The summed E-state index contributed by atoms with van der Waals surface area (Å²) in [5, 5.41) is 2.23. The van der Waals surface area contributed by atoms with Crippen LogP contribution in [0.3, 0.4) is 0 Å². The van der Waals surface area contributed by atoms with E-state index < -0.39 is 23.7 Å². The Hall–Kier alpha value is -1.63. The fraction of sp³-hybridized carbons (Fsp3) is 0.455. The highest BCUT2D eigenvalue weighted by Gasteiger charge is 2.54. The maximum Gasteiger partial charge on any atom is 0.415 e. The Morgan fingerprint density at radius 3 is 2.33 bits per heavy atom. The van der Waals surface area contributed by atoms with Crippen LogP contribution in [0.25, 0.3) is 0 Å². The van der Waals surface area contributed by atoms with Gasteiger partial charge in [0.25, 0.3) is 0 Å². The van der Waals surface area contributed by atoms with Crippen LogP contribution in [-0.2, 0) is 4.79 Å². The van der Waals surface area contributed by atoms with Crippen molar-refractivity contribution < 1.29 is 18.0 Å². The van der Waals surface area contributed by atoms with Gasteiger partial charge >= 0.3 is 6.18 Å². The van der Waals surface area contributed by atoms with Crippen LogP contribution in [0.15, 0.2) is 24.5 Å². The number of carbonyl (C=O) groups excluding carboxylic acids is 1. The van der Waals surface area contributed by atoms with Crippen molar-refractivity contribution in [3.05, 3.63) is 30.1 Å². The molecule has 18 heavy (non-hydrogen) atoms. The summed E-state index contributed by atoms with van der Waals surface area (Å²) >= 11 is 0. The van der Waals surface area contributed by atoms with Crippen LogP contribution in [0, 0.1) is 0 Å². The standard InChI is InChI=1S/C11H14F3N3O/c1-7(8-3-5-16-6-4-8)17-9(18)10(2,15)11(12,13)14/h3-7H,15H2,1-2H3,(H,17,18)/t7-,10?/m1/s1. The van der Waals surface area contributed by atoms with E-state index in [4.69, 9.17) is 5.73 Å². The molecule has 100 valence electrons. The Morgan fingerprint density at radius 1 is 1.39 bits per heavy atom. The van der Waals surface area contributed by atoms with E-state index in [1.807, 2.05) is 0 Å². The van der Waals surface area contributed by atoms with E-state index in [2.05, 4.69) is 10.3 Å². The monoisotopic (exact) mass is 261 g/mol. The number of nitrogens with two attached hydrogens (primary N) is 1. The number of pyridine rings is 1. The Balaban J connectivity index is 2.78. The average Bonchev–Trinajstić information content (AvgIpc) is 2.28. The molecule has 0 aliphatic heterocycles. The highest BCUT2D eigenvalue weighted by Crippen LogP contribution is 2.28. The number of hydrogen-bond donors (Lipinski definition) is 2. The number of alkyl halides is 3. The van der Waals surface area contributed by atoms with E-state index >= 15 is 0 Å². The Kier molecular flexibility index (Phi) is 3.95. The molecule has 3 N–H and O–H groups in total. The molecule has 1 amide bonds. The van der Waals surface area contributed by atoms with Crippen LogP contribution in [-0.4, -0.2) is 22.6 Å². The molecule has 2 atom stereocenters. The number of rotatable bonds is 3. The Morgan fingerprint density at radius 2 is 1.89 bits per heavy atom. The molecule has 4 nitrogen and oxygen atoms in total. The Bertz CT molecular complexity index is 417. The minimum atomic E-state index is -4.80. The minimum absolute atomic E-state index is 0.578. The molecule has 0 saturated heterocycles. The van der Waals surface area contributed by atoms with Gasteiger partial charge in [0.2, 0.25) is 5.91 Å². The van der Waals surface area contributed by atoms with Gasteiger partial charge in [-0.3, -0.25) is 9.78 Å². The minimum Gasteiger partial charge on any atom is -0.348 e. The third kappa shape index (κ3) is 2.98. The van der Waals surface area contributed by atoms with Crippen LogP contribution in [0.4, 0.5) is 13.2 Å². The maximum atomic E-state index is 12.5. The number of aromatic nitrogens is 1. The van der Waals surface area contributed by atoms with Crippen molar-refractivity contribution in [1.29, 1.82) is 0 Å². The van der Waals surface area contributed by atoms with Gasteiger partial charge in [0.15, 0.2) is 5.54 Å². The van der Waals surface area contributed by atoms with Crippen molar-refractivity contribution in [3.8, 4) is 0 Å². The van der Waals surface area contributed by atoms with Gasteiger partial charge in [-0.25, -0.2) is 0 Å². The van der Waals surface area contributed by atoms with Gasteiger partial charge in [0.1, 0.15) is 0 Å². The van der Waals surface area contributed by atoms with Gasteiger partial charge in [0.05, 0.1) is 6.04 Å². The Labute approximate surface area is 102 Å². The van der Waals surface area contributed by atoms with Crippen molar-refractivity contribution >= 4 is 5.91 Å². The van der Waals surface area contributed by atoms with Crippen LogP contribution in [0.5, 0.6) is 0 Å². The molecule has 1 unspecified atom stereocenters. The summed E-state index contributed by atoms with van der Waals surface area (Å²) in [6, 6.07) is 2.63. The van der Waals surface area contributed by atoms with Crippen LogP contribution >= 0.6 is 0 Å². The maximum absolute atomic E-state index is 12.5. The fourth-order valence-electron chi connectivity index (χ4n) is 1.21. The largest absolute Gasteiger partial charge is 0.415 e. The molecule has 0 bridgehead atoms. The zero-order valence-electron chi connectivity index (χ0n) is 9.95. The second kappa shape index (κ2) is 4.93. The lowest BCUT2D eigenvalue weighted by Gasteiger charge is -2.28. The molecular weight excluding hydrogens is 247 g/mol. The molecule has 1 aromatic heterocycles. The molecule has 0 radical (unpaired) electrons. The predicted octanol–water partition coefficient (Wildman–Crippen LogP) is 1.54. The van der Waals surface area contributed by atoms with Gasteiger partial charge in [0, 0.05) is 12.4 Å². The first-order chi connectivity index (χ1) is 8.16. The second-order valence-electron chi connectivity index (χ2n) is 4.18. The summed E-state index contributed by atoms with van der Waals surface area (Å²) in [6.45, 7) is 2.21. The number of hydrogen-bond acceptors (Lipinski definition) is 3. The zero-order chi connectivity index (χ0) is 14.0. The van der Waals surface area contributed by atoms with Crippen LogP contribution < -0.4 is 11.1 Å². The van der Waals surface area contributed by atoms with Gasteiger partial charge < -0.3 is 11.1 Å². The topological polar surface area (TPSA) is 68.0 Å². The van der Waals surface area contributed by atoms with E-state index in [-0.39, 0.29) is 0 Å². The van der Waals surface area contributed by atoms with E-state index in [0.29, 0.717) is 12.5 Å². The molecular formula is C11H14F3N3O. The summed E-state index contributed by atoms with van der Waals surface area (Å²) in [7, 11) is 0. The average molecular weight is 261 g/mol. The van der Waals surface area contributed by atoms with Gasteiger partial charge in [-0.1, -0.05) is 0 Å². The number of amides is 1. The predicted molar refractivity (Wildman–Crippen MR) is 59.4 cm³/mol. The van der Waals surface area contributed by atoms with Crippen LogP contribution in [0.2, 0.25) is 0 Å². The van der Waals surface area contributed by atoms with Gasteiger partial charge in [-0.2, -0.15) is 13.2 Å². The highest BCUT2D eigenvalue weighted by atomic mass is 19.4. The summed E-state index contributed by atoms with van der Waals surface area (Å²) < 4.78 is 37.6. The molecule has 1 aromatic rings. The first-order valence-electron chi connectivity index (χ1n) is 5.22. The summed E-state index contributed by atoms with van der Waals surface area (Å²) in [5.41, 5.74) is 2.76. The van der Waals surface area contributed by atoms with E-state index in [9.17, 15) is 18.0 Å². The lowest BCUT2D eigenvalue weighted by Crippen LogP contribution is -2.61. The summed E-state index contributed by atoms with van der Waals surface area (Å²) in [4.78, 5) is 15.3. The number of carbonyl (C=O) groups is 1. The number of nitrogens with zero attached hydrogens (tertiary/aromatic N) is 1. The molecule has 0 aliphatic rings. The van der Waals surface area contributed by atoms with Crippen molar-refractivity contribution in [2.24, 2.45) is 5.73 Å². The summed E-state index contributed by atoms with van der Waals surface area (Å²) in [6.07, 6.45) is -1.82. The fourth-order valence-corrected chi connectivity index (χ4v) is 1.21. The van der Waals surface area contributed by atoms with E-state index in [0.717, 1.165) is 0 Å². The quantitative estimate of drug-likeness (QED) is 0.867. The number of nitrogens with one attached hydrogen (secondary N) is 1. The second-order valence-corrected chi connectivity index (χ2v) is 4.18. The third-order valence-corrected chi connectivity index (χ3v) is 2.61. The zero-order valence-corrected chi connectivity index (χ0v) is 9.95. The third-order valence-electron chi connectivity index (χ3n) is 2.61. The smallest absolute Gasteiger partial charge is 0.348 e. The first-order valence-corrected chi connectivity index (χ1v) is 5.22. The molecule has 7 heteroatoms. The first kappa shape index (κ1) is 14.4. The van der Waals surface area contributed by atoms with Crippen molar-refractivity contribution in [2.45, 2.75) is 31.6 Å². The van der Waals surface area contributed by atoms with E-state index in [1.54, 1.807) is 19.1 Å².